The molecule has 1 saturated heterocycles. The molecular weight excluding hydrogens is 348 g/mol. The molecule has 10 heteroatoms. The molecule has 8 nitrogen and oxygen atoms in total. The number of fused-ring (bicyclic) bond motifs is 1. The largest absolute Gasteiger partial charge is 0.375 e. The molecule has 1 atom stereocenters. The fourth-order valence-corrected chi connectivity index (χ4v) is 3.78. The van der Waals surface area contributed by atoms with E-state index in [0.717, 1.165) is 37.6 Å². The normalized spacial score (nSPS) is 18.7. The van der Waals surface area contributed by atoms with E-state index in [2.05, 4.69) is 36.9 Å². The van der Waals surface area contributed by atoms with E-state index in [1.165, 1.54) is 4.88 Å². The topological polar surface area (TPSA) is 88.5 Å². The first-order valence-electron chi connectivity index (χ1n) is 7.54. The minimum absolute atomic E-state index is 0. The van der Waals surface area contributed by atoms with Crippen LogP contribution in [0, 0.1) is 0 Å². The number of nitrogens with zero attached hydrogens (tertiary/aromatic N) is 7. The number of rotatable bonds is 3. The third kappa shape index (κ3) is 3.14. The number of nitrogen functional groups attached to an aromatic ring is 1. The maximum Gasteiger partial charge on any atom is 0.203 e. The van der Waals surface area contributed by atoms with Crippen LogP contribution in [0.1, 0.15) is 11.8 Å². The van der Waals surface area contributed by atoms with Gasteiger partial charge in [0.05, 0.1) is 0 Å². The molecule has 4 rings (SSSR count). The van der Waals surface area contributed by atoms with Crippen molar-refractivity contribution in [3.8, 4) is 0 Å². The summed E-state index contributed by atoms with van der Waals surface area (Å²) < 4.78 is 1.90. The SMILES string of the molecule is CC1CN(Cc2cnc(N)s2)CCN1c1nccn2cnnc12.Cl. The van der Waals surface area contributed by atoms with E-state index in [-0.39, 0.29) is 12.4 Å². The number of hydrogen-bond donors (Lipinski definition) is 1. The van der Waals surface area contributed by atoms with E-state index < -0.39 is 0 Å². The quantitative estimate of drug-likeness (QED) is 0.747. The Balaban J connectivity index is 0.00000169. The van der Waals surface area contributed by atoms with Gasteiger partial charge in [-0.1, -0.05) is 0 Å². The Morgan fingerprint density at radius 2 is 2.21 bits per heavy atom. The van der Waals surface area contributed by atoms with Gasteiger partial charge in [-0.15, -0.1) is 33.9 Å². The van der Waals surface area contributed by atoms with Crippen LogP contribution in [0.5, 0.6) is 0 Å². The molecule has 1 fully saturated rings. The average Bonchev–Trinajstić information content (AvgIpc) is 3.16. The Kier molecular flexibility index (Phi) is 4.83. The van der Waals surface area contributed by atoms with Crippen LogP contribution >= 0.6 is 23.7 Å². The number of aromatic nitrogens is 5. The lowest BCUT2D eigenvalue weighted by molar-refractivity contribution is 0.222. The summed E-state index contributed by atoms with van der Waals surface area (Å²) in [7, 11) is 0. The first-order valence-corrected chi connectivity index (χ1v) is 8.36. The Bertz CT molecular complexity index is 818. The van der Waals surface area contributed by atoms with Crippen molar-refractivity contribution < 1.29 is 0 Å². The van der Waals surface area contributed by atoms with Crippen molar-refractivity contribution >= 4 is 40.3 Å². The van der Waals surface area contributed by atoms with Crippen LogP contribution < -0.4 is 10.6 Å². The number of hydrogen-bond acceptors (Lipinski definition) is 8. The summed E-state index contributed by atoms with van der Waals surface area (Å²) in [6.07, 6.45) is 7.24. The number of piperazine rings is 1. The van der Waals surface area contributed by atoms with Crippen molar-refractivity contribution in [1.29, 1.82) is 0 Å². The molecule has 0 radical (unpaired) electrons. The number of nitrogens with two attached hydrogens (primary N) is 1. The summed E-state index contributed by atoms with van der Waals surface area (Å²) in [5.74, 6) is 0.902. The van der Waals surface area contributed by atoms with Crippen molar-refractivity contribution in [3.63, 3.8) is 0 Å². The minimum Gasteiger partial charge on any atom is -0.375 e. The predicted octanol–water partition coefficient (Wildman–Crippen LogP) is 1.30. The van der Waals surface area contributed by atoms with Gasteiger partial charge in [-0.25, -0.2) is 9.97 Å². The minimum atomic E-state index is 0. The lowest BCUT2D eigenvalue weighted by Gasteiger charge is -2.40. The zero-order valence-corrected chi connectivity index (χ0v) is 14.9. The van der Waals surface area contributed by atoms with E-state index in [9.17, 15) is 0 Å². The van der Waals surface area contributed by atoms with Gasteiger partial charge in [0.15, 0.2) is 10.9 Å². The molecular formula is C14H19ClN8S. The van der Waals surface area contributed by atoms with Crippen LogP contribution in [0.4, 0.5) is 10.9 Å². The van der Waals surface area contributed by atoms with E-state index in [4.69, 9.17) is 5.73 Å². The van der Waals surface area contributed by atoms with Crippen molar-refractivity contribution in [2.24, 2.45) is 0 Å². The highest BCUT2D eigenvalue weighted by Crippen LogP contribution is 2.23. The standard InChI is InChI=1S/C14H18N8S.ClH/c1-10-7-20(8-11-6-17-14(15)23-11)4-5-22(10)12-13-19-18-9-21(13)3-2-16-12;/h2-3,6,9-10H,4-5,7-8H2,1H3,(H2,15,17);1H. The van der Waals surface area contributed by atoms with Crippen LogP contribution in [-0.4, -0.2) is 55.1 Å². The smallest absolute Gasteiger partial charge is 0.203 e. The summed E-state index contributed by atoms with van der Waals surface area (Å²) in [4.78, 5) is 14.6. The molecule has 0 spiro atoms. The zero-order valence-electron chi connectivity index (χ0n) is 13.2. The Morgan fingerprint density at radius 3 is 2.96 bits per heavy atom. The van der Waals surface area contributed by atoms with Gasteiger partial charge in [0.25, 0.3) is 0 Å². The second-order valence-corrected chi connectivity index (χ2v) is 6.90. The molecule has 0 aliphatic carbocycles. The van der Waals surface area contributed by atoms with Crippen molar-refractivity contribution in [2.75, 3.05) is 30.3 Å². The van der Waals surface area contributed by atoms with Crippen molar-refractivity contribution in [1.82, 2.24) is 29.5 Å². The van der Waals surface area contributed by atoms with Gasteiger partial charge in [0.1, 0.15) is 6.33 Å². The van der Waals surface area contributed by atoms with E-state index in [1.807, 2.05) is 16.8 Å². The molecule has 0 aromatic carbocycles. The average molecular weight is 367 g/mol. The van der Waals surface area contributed by atoms with Gasteiger partial charge >= 0.3 is 0 Å². The Labute approximate surface area is 149 Å². The highest BCUT2D eigenvalue weighted by Gasteiger charge is 2.27. The molecule has 24 heavy (non-hydrogen) atoms. The maximum atomic E-state index is 5.71. The number of anilines is 2. The molecule has 3 aromatic heterocycles. The summed E-state index contributed by atoms with van der Waals surface area (Å²) in [5.41, 5.74) is 6.52. The summed E-state index contributed by atoms with van der Waals surface area (Å²) in [5, 5.41) is 8.80. The van der Waals surface area contributed by atoms with Crippen molar-refractivity contribution in [2.45, 2.75) is 19.5 Å². The number of thiazole rings is 1. The monoisotopic (exact) mass is 366 g/mol. The fourth-order valence-electron chi connectivity index (χ4n) is 3.06. The van der Waals surface area contributed by atoms with Gasteiger partial charge in [0, 0.05) is 55.7 Å². The van der Waals surface area contributed by atoms with Gasteiger partial charge in [-0.05, 0) is 6.92 Å². The third-order valence-corrected chi connectivity index (χ3v) is 4.94. The third-order valence-electron chi connectivity index (χ3n) is 4.13. The fraction of sp³-hybridized carbons (Fsp3) is 0.429. The first-order chi connectivity index (χ1) is 11.2. The van der Waals surface area contributed by atoms with Gasteiger partial charge in [-0.2, -0.15) is 0 Å². The molecule has 0 bridgehead atoms. The van der Waals surface area contributed by atoms with Crippen LogP contribution in [0.15, 0.2) is 24.9 Å². The van der Waals surface area contributed by atoms with Crippen LogP contribution in [0.3, 0.4) is 0 Å². The molecule has 2 N–H and O–H groups in total. The highest BCUT2D eigenvalue weighted by molar-refractivity contribution is 7.15. The molecule has 1 unspecified atom stereocenters. The van der Waals surface area contributed by atoms with Crippen molar-refractivity contribution in [3.05, 3.63) is 29.8 Å². The van der Waals surface area contributed by atoms with E-state index in [0.29, 0.717) is 11.2 Å². The van der Waals surface area contributed by atoms with Gasteiger partial charge in [0.2, 0.25) is 5.65 Å². The summed E-state index contributed by atoms with van der Waals surface area (Å²) >= 11 is 1.56. The van der Waals surface area contributed by atoms with Crippen LogP contribution in [0.2, 0.25) is 0 Å². The number of halogens is 1. The van der Waals surface area contributed by atoms with Gasteiger partial charge < -0.3 is 10.6 Å². The molecule has 4 heterocycles. The molecule has 1 aliphatic heterocycles. The van der Waals surface area contributed by atoms with Gasteiger partial charge in [-0.3, -0.25) is 9.30 Å². The Hall–Kier alpha value is -1.97. The molecule has 0 saturated carbocycles. The lowest BCUT2D eigenvalue weighted by Crippen LogP contribution is -2.52. The molecule has 0 amide bonds. The summed E-state index contributed by atoms with van der Waals surface area (Å²) in [6.45, 7) is 5.97. The lowest BCUT2D eigenvalue weighted by atomic mass is 10.2. The van der Waals surface area contributed by atoms with E-state index >= 15 is 0 Å². The second-order valence-electron chi connectivity index (χ2n) is 5.76. The Morgan fingerprint density at radius 1 is 1.33 bits per heavy atom. The zero-order chi connectivity index (χ0) is 15.8. The predicted molar refractivity (Wildman–Crippen MR) is 96.6 cm³/mol. The molecule has 128 valence electrons. The first kappa shape index (κ1) is 16.9. The highest BCUT2D eigenvalue weighted by atomic mass is 35.5. The van der Waals surface area contributed by atoms with Crippen LogP contribution in [0.25, 0.3) is 5.65 Å². The second kappa shape index (κ2) is 6.88. The summed E-state index contributed by atoms with van der Waals surface area (Å²) in [6, 6.07) is 0.351. The van der Waals surface area contributed by atoms with Crippen LogP contribution in [-0.2, 0) is 6.54 Å². The molecule has 1 aliphatic rings. The van der Waals surface area contributed by atoms with E-state index in [1.54, 1.807) is 23.9 Å². The molecule has 3 aromatic rings. The maximum absolute atomic E-state index is 5.71.